The normalized spacial score (nSPS) is 10.5. The van der Waals surface area contributed by atoms with E-state index in [0.29, 0.717) is 23.6 Å². The summed E-state index contributed by atoms with van der Waals surface area (Å²) in [5.74, 6) is 0.421. The van der Waals surface area contributed by atoms with Crippen LogP contribution in [0.15, 0.2) is 34.9 Å². The van der Waals surface area contributed by atoms with E-state index >= 15 is 0 Å². The molecule has 5 heteroatoms. The van der Waals surface area contributed by atoms with Crippen LogP contribution in [-0.4, -0.2) is 22.7 Å². The number of halogens is 1. The number of nitrogens with zero attached hydrogens (tertiary/aromatic N) is 2. The molecule has 0 saturated carbocycles. The molecule has 2 aromatic rings. The molecule has 19 heavy (non-hydrogen) atoms. The van der Waals surface area contributed by atoms with Crippen molar-refractivity contribution in [1.29, 1.82) is 0 Å². The van der Waals surface area contributed by atoms with Crippen LogP contribution in [-0.2, 0) is 6.54 Å². The van der Waals surface area contributed by atoms with Crippen LogP contribution in [0.2, 0.25) is 0 Å². The predicted octanol–water partition coefficient (Wildman–Crippen LogP) is 3.30. The minimum Gasteiger partial charge on any atom is -0.493 e. The third-order valence-electron chi connectivity index (χ3n) is 2.79. The molecule has 0 bridgehead atoms. The lowest BCUT2D eigenvalue weighted by atomic mass is 10.1. The summed E-state index contributed by atoms with van der Waals surface area (Å²) in [7, 11) is 1.55. The number of aromatic nitrogens is 2. The third kappa shape index (κ3) is 2.71. The molecule has 0 fully saturated rings. The summed E-state index contributed by atoms with van der Waals surface area (Å²) in [6, 6.07) is 7.35. The number of carbonyl (C=O) groups excluding carboxylic acids is 1. The van der Waals surface area contributed by atoms with E-state index in [2.05, 4.69) is 21.0 Å². The Morgan fingerprint density at radius 1 is 1.42 bits per heavy atom. The number of ketones is 1. The zero-order valence-electron chi connectivity index (χ0n) is 10.9. The van der Waals surface area contributed by atoms with Crippen LogP contribution in [0, 0.1) is 0 Å². The minimum atomic E-state index is -0.0877. The highest BCUT2D eigenvalue weighted by Gasteiger charge is 2.22. The number of benzene rings is 1. The minimum absolute atomic E-state index is 0.0877. The van der Waals surface area contributed by atoms with Crippen LogP contribution in [0.25, 0.3) is 0 Å². The Morgan fingerprint density at radius 2 is 2.16 bits per heavy atom. The highest BCUT2D eigenvalue weighted by molar-refractivity contribution is 9.10. The van der Waals surface area contributed by atoms with Crippen molar-refractivity contribution in [2.45, 2.75) is 19.9 Å². The van der Waals surface area contributed by atoms with Gasteiger partial charge in [0.15, 0.2) is 11.4 Å². The van der Waals surface area contributed by atoms with Gasteiger partial charge in [-0.1, -0.05) is 35.0 Å². The third-order valence-corrected chi connectivity index (χ3v) is 3.49. The van der Waals surface area contributed by atoms with E-state index in [1.165, 1.54) is 0 Å². The fraction of sp³-hybridized carbons (Fsp3) is 0.286. The van der Waals surface area contributed by atoms with Gasteiger partial charge in [-0.25, -0.2) is 0 Å². The number of hydrogen-bond donors (Lipinski definition) is 0. The van der Waals surface area contributed by atoms with Crippen molar-refractivity contribution in [3.63, 3.8) is 0 Å². The standard InChI is InChI=1S/C14H15BrN2O2/c1-3-8-17-13(12(19-2)9-16-17)14(18)10-6-4-5-7-11(10)15/h4-7,9H,3,8H2,1-2H3. The molecule has 1 aromatic heterocycles. The van der Waals surface area contributed by atoms with Crippen molar-refractivity contribution in [1.82, 2.24) is 9.78 Å². The first kappa shape index (κ1) is 13.8. The molecule has 0 atom stereocenters. The Balaban J connectivity index is 2.48. The van der Waals surface area contributed by atoms with Crippen LogP contribution in [0.5, 0.6) is 5.75 Å². The lowest BCUT2D eigenvalue weighted by Crippen LogP contribution is -2.13. The first-order valence-electron chi connectivity index (χ1n) is 6.08. The number of ether oxygens (including phenoxy) is 1. The monoisotopic (exact) mass is 322 g/mol. The molecule has 100 valence electrons. The molecule has 2 rings (SSSR count). The largest absolute Gasteiger partial charge is 0.493 e. The summed E-state index contributed by atoms with van der Waals surface area (Å²) in [5, 5.41) is 4.21. The van der Waals surface area contributed by atoms with Gasteiger partial charge in [0.05, 0.1) is 13.3 Å². The van der Waals surface area contributed by atoms with Gasteiger partial charge in [0.1, 0.15) is 0 Å². The molecule has 0 saturated heterocycles. The average Bonchev–Trinajstić information content (AvgIpc) is 2.82. The molecule has 1 aromatic carbocycles. The van der Waals surface area contributed by atoms with Crippen molar-refractivity contribution in [2.75, 3.05) is 7.11 Å². The Bertz CT molecular complexity index is 593. The molecule has 4 nitrogen and oxygen atoms in total. The van der Waals surface area contributed by atoms with Crippen LogP contribution >= 0.6 is 15.9 Å². The Labute approximate surface area is 120 Å². The molecule has 0 spiro atoms. The number of rotatable bonds is 5. The van der Waals surface area contributed by atoms with Crippen molar-refractivity contribution in [3.8, 4) is 5.75 Å². The van der Waals surface area contributed by atoms with Gasteiger partial charge < -0.3 is 4.74 Å². The second-order valence-corrected chi connectivity index (χ2v) is 4.95. The molecule has 1 heterocycles. The highest BCUT2D eigenvalue weighted by atomic mass is 79.9. The van der Waals surface area contributed by atoms with Crippen molar-refractivity contribution in [3.05, 3.63) is 46.2 Å². The Morgan fingerprint density at radius 3 is 2.79 bits per heavy atom. The van der Waals surface area contributed by atoms with Crippen molar-refractivity contribution >= 4 is 21.7 Å². The lowest BCUT2D eigenvalue weighted by molar-refractivity contribution is 0.102. The molecule has 0 radical (unpaired) electrons. The zero-order chi connectivity index (χ0) is 13.8. The van der Waals surface area contributed by atoms with E-state index in [4.69, 9.17) is 4.74 Å². The number of methoxy groups -OCH3 is 1. The Hall–Kier alpha value is -1.62. The van der Waals surface area contributed by atoms with Crippen LogP contribution in [0.4, 0.5) is 0 Å². The maximum Gasteiger partial charge on any atom is 0.215 e. The molecule has 0 N–H and O–H groups in total. The van der Waals surface area contributed by atoms with E-state index in [9.17, 15) is 4.79 Å². The molecule has 0 unspecified atom stereocenters. The number of carbonyl (C=O) groups is 1. The van der Waals surface area contributed by atoms with E-state index in [-0.39, 0.29) is 5.78 Å². The molecule has 0 aliphatic heterocycles. The predicted molar refractivity (Wildman–Crippen MR) is 76.6 cm³/mol. The van der Waals surface area contributed by atoms with E-state index in [0.717, 1.165) is 10.9 Å². The SMILES string of the molecule is CCCn1ncc(OC)c1C(=O)c1ccccc1Br. The zero-order valence-corrected chi connectivity index (χ0v) is 12.5. The number of hydrogen-bond acceptors (Lipinski definition) is 3. The fourth-order valence-electron chi connectivity index (χ4n) is 1.90. The molecule has 0 aliphatic rings. The molecule has 0 amide bonds. The molecular weight excluding hydrogens is 308 g/mol. The highest BCUT2D eigenvalue weighted by Crippen LogP contribution is 2.25. The summed E-state index contributed by atoms with van der Waals surface area (Å²) in [4.78, 5) is 12.6. The van der Waals surface area contributed by atoms with E-state index in [1.807, 2.05) is 25.1 Å². The average molecular weight is 323 g/mol. The maximum absolute atomic E-state index is 12.6. The van der Waals surface area contributed by atoms with Crippen LogP contribution < -0.4 is 4.74 Å². The summed E-state index contributed by atoms with van der Waals surface area (Å²) < 4.78 is 7.70. The quantitative estimate of drug-likeness (QED) is 0.793. The second-order valence-electron chi connectivity index (χ2n) is 4.09. The van der Waals surface area contributed by atoms with Gasteiger partial charge in [-0.2, -0.15) is 5.10 Å². The van der Waals surface area contributed by atoms with Crippen LogP contribution in [0.1, 0.15) is 29.4 Å². The first-order chi connectivity index (χ1) is 9.19. The van der Waals surface area contributed by atoms with Gasteiger partial charge >= 0.3 is 0 Å². The van der Waals surface area contributed by atoms with Gasteiger partial charge in [0.25, 0.3) is 0 Å². The van der Waals surface area contributed by atoms with Gasteiger partial charge in [0, 0.05) is 16.6 Å². The Kier molecular flexibility index (Phi) is 4.37. The smallest absolute Gasteiger partial charge is 0.215 e. The van der Waals surface area contributed by atoms with E-state index in [1.54, 1.807) is 24.1 Å². The summed E-state index contributed by atoms with van der Waals surface area (Å²) >= 11 is 3.40. The van der Waals surface area contributed by atoms with Crippen molar-refractivity contribution in [2.24, 2.45) is 0 Å². The van der Waals surface area contributed by atoms with Gasteiger partial charge in [-0.15, -0.1) is 0 Å². The lowest BCUT2D eigenvalue weighted by Gasteiger charge is -2.08. The van der Waals surface area contributed by atoms with Crippen LogP contribution in [0.3, 0.4) is 0 Å². The molecular formula is C14H15BrN2O2. The van der Waals surface area contributed by atoms with Crippen molar-refractivity contribution < 1.29 is 9.53 Å². The summed E-state index contributed by atoms with van der Waals surface area (Å²) in [5.41, 5.74) is 1.11. The van der Waals surface area contributed by atoms with Gasteiger partial charge in [-0.05, 0) is 18.6 Å². The number of aryl methyl sites for hydroxylation is 1. The summed E-state index contributed by atoms with van der Waals surface area (Å²) in [6.45, 7) is 2.73. The molecule has 0 aliphatic carbocycles. The fourth-order valence-corrected chi connectivity index (χ4v) is 2.37. The topological polar surface area (TPSA) is 44.1 Å². The summed E-state index contributed by atoms with van der Waals surface area (Å²) in [6.07, 6.45) is 2.49. The van der Waals surface area contributed by atoms with Gasteiger partial charge in [-0.3, -0.25) is 9.48 Å². The maximum atomic E-state index is 12.6. The van der Waals surface area contributed by atoms with E-state index < -0.39 is 0 Å². The first-order valence-corrected chi connectivity index (χ1v) is 6.87. The second kappa shape index (κ2) is 6.02. The van der Waals surface area contributed by atoms with Gasteiger partial charge in [0.2, 0.25) is 5.78 Å².